The molecule has 0 aromatic heterocycles. The minimum absolute atomic E-state index is 0.0580. The van der Waals surface area contributed by atoms with Gasteiger partial charge in [-0.05, 0) is 48.0 Å². The molecule has 9 heteroatoms. The summed E-state index contributed by atoms with van der Waals surface area (Å²) in [4.78, 5) is 58.0. The Balaban J connectivity index is 1.13. The van der Waals surface area contributed by atoms with Gasteiger partial charge in [0.2, 0.25) is 18.6 Å². The van der Waals surface area contributed by atoms with E-state index in [1.54, 1.807) is 66.7 Å². The predicted molar refractivity (Wildman–Crippen MR) is 160 cm³/mol. The number of ether oxygens (including phenoxy) is 3. The van der Waals surface area contributed by atoms with Crippen LogP contribution in [-0.2, 0) is 14.4 Å². The molecule has 0 aliphatic carbocycles. The van der Waals surface area contributed by atoms with Crippen molar-refractivity contribution in [2.75, 3.05) is 16.6 Å². The van der Waals surface area contributed by atoms with Crippen molar-refractivity contribution in [2.24, 2.45) is 11.8 Å². The number of hydrogen-bond donors (Lipinski definition) is 0. The Labute approximate surface area is 251 Å². The zero-order valence-electron chi connectivity index (χ0n) is 23.2. The topological polar surface area (TPSA) is 102 Å². The number of para-hydroxylation sites is 1. The van der Waals surface area contributed by atoms with Gasteiger partial charge in [-0.1, -0.05) is 60.7 Å². The molecule has 2 saturated heterocycles. The second-order valence-electron chi connectivity index (χ2n) is 11.0. The number of rotatable bonds is 5. The van der Waals surface area contributed by atoms with Crippen molar-refractivity contribution in [3.63, 3.8) is 0 Å². The maximum atomic E-state index is 14.1. The minimum Gasteiger partial charge on any atom is -0.454 e. The van der Waals surface area contributed by atoms with Crippen LogP contribution < -0.4 is 24.0 Å². The highest BCUT2D eigenvalue weighted by Crippen LogP contribution is 2.50. The molecule has 4 aromatic carbocycles. The predicted octanol–water partition coefficient (Wildman–Crippen LogP) is 4.64. The number of imide groups is 1. The van der Waals surface area contributed by atoms with Gasteiger partial charge in [-0.2, -0.15) is 0 Å². The van der Waals surface area contributed by atoms with E-state index in [0.717, 1.165) is 16.2 Å². The molecule has 4 aliphatic rings. The monoisotopic (exact) mass is 584 g/mol. The molecule has 4 atom stereocenters. The first kappa shape index (κ1) is 26.0. The number of amides is 2. The number of ketones is 1. The van der Waals surface area contributed by atoms with E-state index in [4.69, 9.17) is 14.2 Å². The quantitative estimate of drug-likeness (QED) is 0.145. The second kappa shape index (κ2) is 9.95. The largest absolute Gasteiger partial charge is 0.454 e. The molecular weight excluding hydrogens is 560 g/mol. The summed E-state index contributed by atoms with van der Waals surface area (Å²) < 4.78 is 16.7. The Morgan fingerprint density at radius 1 is 0.750 bits per heavy atom. The molecule has 0 bridgehead atoms. The summed E-state index contributed by atoms with van der Waals surface area (Å²) in [6.07, 6.45) is 3.80. The van der Waals surface area contributed by atoms with Crippen LogP contribution in [0.4, 0.5) is 11.4 Å². The van der Waals surface area contributed by atoms with Crippen LogP contribution in [0.2, 0.25) is 0 Å². The fourth-order valence-corrected chi connectivity index (χ4v) is 6.67. The molecule has 8 rings (SSSR count). The van der Waals surface area contributed by atoms with E-state index in [9.17, 15) is 19.2 Å². The lowest BCUT2D eigenvalue weighted by Gasteiger charge is -2.36. The molecule has 0 saturated carbocycles. The van der Waals surface area contributed by atoms with Crippen molar-refractivity contribution >= 4 is 41.0 Å². The maximum absolute atomic E-state index is 14.1. The number of fused-ring (bicyclic) bond motifs is 6. The highest BCUT2D eigenvalue weighted by molar-refractivity contribution is 6.24. The van der Waals surface area contributed by atoms with Crippen molar-refractivity contribution in [2.45, 2.75) is 12.1 Å². The SMILES string of the molecule is O=C(c1ccccc1)c1ccc(OC(=O)[C@@H]2[C@@H]3C(=O)N(c4ccc5c(c4)OCO5)C(=O)[C@H]3[C@@H]3C=Cc4ccccc4N23)cc1. The van der Waals surface area contributed by atoms with E-state index in [-0.39, 0.29) is 18.3 Å². The van der Waals surface area contributed by atoms with Crippen LogP contribution in [0.5, 0.6) is 17.2 Å². The molecule has 0 radical (unpaired) electrons. The number of nitrogens with zero attached hydrogens (tertiary/aromatic N) is 2. The highest BCUT2D eigenvalue weighted by atomic mass is 16.7. The average Bonchev–Trinajstić information content (AvgIpc) is 3.74. The summed E-state index contributed by atoms with van der Waals surface area (Å²) in [5.41, 5.74) is 2.97. The summed E-state index contributed by atoms with van der Waals surface area (Å²) in [6, 6.07) is 26.1. The molecule has 216 valence electrons. The Morgan fingerprint density at radius 2 is 1.45 bits per heavy atom. The average molecular weight is 585 g/mol. The van der Waals surface area contributed by atoms with Crippen LogP contribution in [0.1, 0.15) is 21.5 Å². The zero-order chi connectivity index (χ0) is 29.9. The molecule has 4 heterocycles. The molecule has 0 unspecified atom stereocenters. The fraction of sp³-hybridized carbons (Fsp3) is 0.143. The highest BCUT2D eigenvalue weighted by Gasteiger charge is 2.65. The molecule has 0 N–H and O–H groups in total. The first-order valence-corrected chi connectivity index (χ1v) is 14.2. The van der Waals surface area contributed by atoms with Gasteiger partial charge >= 0.3 is 5.97 Å². The zero-order valence-corrected chi connectivity index (χ0v) is 23.2. The Hall–Kier alpha value is -5.70. The number of benzene rings is 4. The van der Waals surface area contributed by atoms with Crippen molar-refractivity contribution in [3.8, 4) is 17.2 Å². The lowest BCUT2D eigenvalue weighted by atomic mass is 9.89. The van der Waals surface area contributed by atoms with Gasteiger partial charge in [0.1, 0.15) is 11.8 Å². The maximum Gasteiger partial charge on any atom is 0.335 e. The van der Waals surface area contributed by atoms with Crippen LogP contribution >= 0.6 is 0 Å². The van der Waals surface area contributed by atoms with Crippen LogP contribution in [0, 0.1) is 11.8 Å². The van der Waals surface area contributed by atoms with E-state index in [2.05, 4.69) is 0 Å². The van der Waals surface area contributed by atoms with Crippen LogP contribution in [0.25, 0.3) is 6.08 Å². The Morgan fingerprint density at radius 3 is 2.27 bits per heavy atom. The van der Waals surface area contributed by atoms with E-state index in [0.29, 0.717) is 28.3 Å². The summed E-state index contributed by atoms with van der Waals surface area (Å²) in [7, 11) is 0. The van der Waals surface area contributed by atoms with Crippen molar-refractivity contribution in [3.05, 3.63) is 120 Å². The Kier molecular flexibility index (Phi) is 5.87. The van der Waals surface area contributed by atoms with Gasteiger partial charge < -0.3 is 19.1 Å². The normalized spacial score (nSPS) is 22.5. The summed E-state index contributed by atoms with van der Waals surface area (Å²) in [5, 5.41) is 0. The third-order valence-electron chi connectivity index (χ3n) is 8.64. The molecule has 2 amide bonds. The lowest BCUT2D eigenvalue weighted by molar-refractivity contribution is -0.139. The molecule has 0 spiro atoms. The van der Waals surface area contributed by atoms with E-state index < -0.39 is 41.7 Å². The number of hydrogen-bond acceptors (Lipinski definition) is 8. The number of esters is 1. The van der Waals surface area contributed by atoms with Crippen LogP contribution in [0.15, 0.2) is 103 Å². The van der Waals surface area contributed by atoms with Gasteiger partial charge in [0.25, 0.3) is 0 Å². The second-order valence-corrected chi connectivity index (χ2v) is 11.0. The third-order valence-corrected chi connectivity index (χ3v) is 8.64. The first-order chi connectivity index (χ1) is 21.5. The van der Waals surface area contributed by atoms with Gasteiger partial charge in [-0.25, -0.2) is 9.69 Å². The number of carbonyl (C=O) groups is 4. The molecule has 4 aliphatic heterocycles. The number of anilines is 2. The fourth-order valence-electron chi connectivity index (χ4n) is 6.67. The molecular formula is C35H24N2O7. The molecule has 9 nitrogen and oxygen atoms in total. The molecule has 2 fully saturated rings. The standard InChI is InChI=1S/C35H24N2O7/c38-32(21-7-2-1-3-8-21)22-10-14-24(15-11-22)44-35(41)31-30-29(26-16-12-20-6-4-5-9-25(20)37(26)31)33(39)36(34(30)40)23-13-17-27-28(18-23)43-19-42-27/h1-18,26,29-31H,19H2/t26-,29-,30+,31-/m0/s1. The van der Waals surface area contributed by atoms with Gasteiger partial charge in [0.15, 0.2) is 17.3 Å². The number of carbonyl (C=O) groups excluding carboxylic acids is 4. The van der Waals surface area contributed by atoms with Crippen molar-refractivity contribution in [1.82, 2.24) is 0 Å². The van der Waals surface area contributed by atoms with E-state index in [1.807, 2.05) is 47.4 Å². The van der Waals surface area contributed by atoms with Crippen molar-refractivity contribution in [1.29, 1.82) is 0 Å². The third kappa shape index (κ3) is 3.93. The van der Waals surface area contributed by atoms with Gasteiger partial charge in [-0.15, -0.1) is 0 Å². The smallest absolute Gasteiger partial charge is 0.335 e. The lowest BCUT2D eigenvalue weighted by Crippen LogP contribution is -2.50. The Bertz CT molecular complexity index is 1890. The van der Waals surface area contributed by atoms with E-state index in [1.165, 1.54) is 0 Å². The minimum atomic E-state index is -1.07. The van der Waals surface area contributed by atoms with Crippen LogP contribution in [0.3, 0.4) is 0 Å². The van der Waals surface area contributed by atoms with E-state index >= 15 is 0 Å². The summed E-state index contributed by atoms with van der Waals surface area (Å²) in [6.45, 7) is 0.0580. The van der Waals surface area contributed by atoms with Gasteiger partial charge in [0, 0.05) is 22.9 Å². The van der Waals surface area contributed by atoms with Gasteiger partial charge in [0.05, 0.1) is 23.6 Å². The molecule has 4 aromatic rings. The summed E-state index contributed by atoms with van der Waals surface area (Å²) >= 11 is 0. The molecule has 44 heavy (non-hydrogen) atoms. The van der Waals surface area contributed by atoms with Crippen molar-refractivity contribution < 1.29 is 33.4 Å². The van der Waals surface area contributed by atoms with Crippen LogP contribution in [-0.4, -0.2) is 42.4 Å². The first-order valence-electron chi connectivity index (χ1n) is 14.2. The van der Waals surface area contributed by atoms with Gasteiger partial charge in [-0.3, -0.25) is 14.4 Å². The summed E-state index contributed by atoms with van der Waals surface area (Å²) in [5.74, 6) is -2.28.